The Hall–Kier alpha value is -1.31. The quantitative estimate of drug-likeness (QED) is 0.312. The van der Waals surface area contributed by atoms with Crippen molar-refractivity contribution >= 4 is 5.97 Å². The van der Waals surface area contributed by atoms with Gasteiger partial charge >= 0.3 is 5.97 Å². The van der Waals surface area contributed by atoms with Gasteiger partial charge in [-0.05, 0) is 38.5 Å². The number of rotatable bonds is 14. The van der Waals surface area contributed by atoms with Gasteiger partial charge in [-0.25, -0.2) is 0 Å². The molecule has 0 rings (SSSR count). The molecule has 0 aliphatic heterocycles. The van der Waals surface area contributed by atoms with Crippen molar-refractivity contribution in [2.45, 2.75) is 77.6 Å². The van der Waals surface area contributed by atoms with Crippen LogP contribution in [0.5, 0.6) is 0 Å². The molecule has 0 heterocycles. The second kappa shape index (κ2) is 16.7. The summed E-state index contributed by atoms with van der Waals surface area (Å²) in [6, 6.07) is 0. The predicted molar refractivity (Wildman–Crippen MR) is 91.5 cm³/mol. The van der Waals surface area contributed by atoms with Crippen molar-refractivity contribution in [2.75, 3.05) is 0 Å². The highest BCUT2D eigenvalue weighted by Crippen LogP contribution is 2.09. The third-order valence-electron chi connectivity index (χ3n) is 3.29. The van der Waals surface area contributed by atoms with Crippen molar-refractivity contribution in [2.24, 2.45) is 0 Å². The molecule has 2 heteroatoms. The first kappa shape index (κ1) is 19.7. The Morgan fingerprint density at radius 3 is 1.90 bits per heavy atom. The third kappa shape index (κ3) is 18.7. The van der Waals surface area contributed by atoms with Crippen LogP contribution in [0.1, 0.15) is 77.6 Å². The fraction of sp³-hybridized carbons (Fsp3) is 0.632. The van der Waals surface area contributed by atoms with Gasteiger partial charge in [-0.2, -0.15) is 0 Å². The fourth-order valence-corrected chi connectivity index (χ4v) is 2.07. The average Bonchev–Trinajstić information content (AvgIpc) is 2.46. The van der Waals surface area contributed by atoms with Crippen LogP contribution in [0.25, 0.3) is 0 Å². The molecular formula is C19H32O2. The van der Waals surface area contributed by atoms with Crippen LogP contribution in [0.4, 0.5) is 0 Å². The van der Waals surface area contributed by atoms with E-state index in [9.17, 15) is 4.79 Å². The Bertz CT molecular complexity index is 314. The van der Waals surface area contributed by atoms with Crippen LogP contribution in [-0.2, 0) is 4.79 Å². The predicted octanol–water partition coefficient (Wildman–Crippen LogP) is 6.05. The van der Waals surface area contributed by atoms with Gasteiger partial charge in [0.25, 0.3) is 0 Å². The number of aliphatic carboxylic acids is 1. The topological polar surface area (TPSA) is 37.3 Å². The molecule has 0 saturated carbocycles. The number of allylic oxidation sites excluding steroid dienone is 6. The number of hydrogen-bond acceptors (Lipinski definition) is 1. The summed E-state index contributed by atoms with van der Waals surface area (Å²) in [5.41, 5.74) is 0. The zero-order valence-electron chi connectivity index (χ0n) is 13.6. The zero-order valence-corrected chi connectivity index (χ0v) is 13.6. The highest BCUT2D eigenvalue weighted by atomic mass is 16.4. The molecule has 0 aromatic heterocycles. The molecule has 0 aliphatic rings. The first-order chi connectivity index (χ1) is 10.3. The smallest absolute Gasteiger partial charge is 0.303 e. The Kier molecular flexibility index (Phi) is 15.7. The molecule has 0 fully saturated rings. The fourth-order valence-electron chi connectivity index (χ4n) is 2.07. The maximum Gasteiger partial charge on any atom is 0.303 e. The maximum atomic E-state index is 10.3. The molecule has 0 amide bonds. The minimum atomic E-state index is -0.671. The SMILES string of the molecule is CC/C=C\C/C=C\C/C=C\CCCCCCCCC(=O)O. The maximum absolute atomic E-state index is 10.3. The van der Waals surface area contributed by atoms with E-state index >= 15 is 0 Å². The Morgan fingerprint density at radius 1 is 0.762 bits per heavy atom. The second-order valence-electron chi connectivity index (χ2n) is 5.35. The van der Waals surface area contributed by atoms with Gasteiger partial charge < -0.3 is 5.11 Å². The van der Waals surface area contributed by atoms with Crippen LogP contribution < -0.4 is 0 Å². The lowest BCUT2D eigenvalue weighted by Crippen LogP contribution is -1.93. The van der Waals surface area contributed by atoms with E-state index in [2.05, 4.69) is 43.4 Å². The number of carboxylic acids is 1. The minimum absolute atomic E-state index is 0.324. The Balaban J connectivity index is 3.22. The van der Waals surface area contributed by atoms with Crippen LogP contribution in [-0.4, -0.2) is 11.1 Å². The third-order valence-corrected chi connectivity index (χ3v) is 3.29. The molecule has 0 atom stereocenters. The van der Waals surface area contributed by atoms with E-state index in [1.807, 2.05) is 0 Å². The summed E-state index contributed by atoms with van der Waals surface area (Å²) < 4.78 is 0. The van der Waals surface area contributed by atoms with Crippen LogP contribution >= 0.6 is 0 Å². The largest absolute Gasteiger partial charge is 0.481 e. The van der Waals surface area contributed by atoms with Crippen molar-refractivity contribution in [1.82, 2.24) is 0 Å². The molecule has 0 bridgehead atoms. The average molecular weight is 292 g/mol. The lowest BCUT2D eigenvalue weighted by molar-refractivity contribution is -0.137. The molecule has 0 spiro atoms. The molecule has 2 nitrogen and oxygen atoms in total. The van der Waals surface area contributed by atoms with E-state index in [1.165, 1.54) is 32.1 Å². The first-order valence-electron chi connectivity index (χ1n) is 8.44. The van der Waals surface area contributed by atoms with Crippen molar-refractivity contribution in [3.63, 3.8) is 0 Å². The molecule has 0 saturated heterocycles. The highest BCUT2D eigenvalue weighted by molar-refractivity contribution is 5.66. The van der Waals surface area contributed by atoms with Crippen LogP contribution in [0, 0.1) is 0 Å². The van der Waals surface area contributed by atoms with E-state index in [-0.39, 0.29) is 0 Å². The van der Waals surface area contributed by atoms with Crippen LogP contribution in [0.2, 0.25) is 0 Å². The van der Waals surface area contributed by atoms with Crippen molar-refractivity contribution in [3.05, 3.63) is 36.5 Å². The van der Waals surface area contributed by atoms with Gasteiger partial charge in [-0.1, -0.05) is 69.1 Å². The Labute approximate surface area is 130 Å². The highest BCUT2D eigenvalue weighted by Gasteiger charge is 1.95. The molecular weight excluding hydrogens is 260 g/mol. The molecule has 0 aromatic rings. The number of carboxylic acid groups (broad SMARTS) is 1. The van der Waals surface area contributed by atoms with Gasteiger partial charge in [0.15, 0.2) is 0 Å². The Morgan fingerprint density at radius 2 is 1.29 bits per heavy atom. The molecule has 21 heavy (non-hydrogen) atoms. The van der Waals surface area contributed by atoms with Crippen LogP contribution in [0.15, 0.2) is 36.5 Å². The van der Waals surface area contributed by atoms with Crippen LogP contribution in [0.3, 0.4) is 0 Å². The summed E-state index contributed by atoms with van der Waals surface area (Å²) in [7, 11) is 0. The van der Waals surface area contributed by atoms with Crippen molar-refractivity contribution in [3.8, 4) is 0 Å². The summed E-state index contributed by atoms with van der Waals surface area (Å²) in [5.74, 6) is -0.671. The van der Waals surface area contributed by atoms with Crippen molar-refractivity contribution in [1.29, 1.82) is 0 Å². The monoisotopic (exact) mass is 292 g/mol. The first-order valence-corrected chi connectivity index (χ1v) is 8.44. The summed E-state index contributed by atoms with van der Waals surface area (Å²) in [5, 5.41) is 8.51. The van der Waals surface area contributed by atoms with Gasteiger partial charge in [0.2, 0.25) is 0 Å². The van der Waals surface area contributed by atoms with E-state index < -0.39 is 5.97 Å². The summed E-state index contributed by atoms with van der Waals surface area (Å²) in [6.07, 6.45) is 24.8. The minimum Gasteiger partial charge on any atom is -0.481 e. The van der Waals surface area contributed by atoms with Crippen molar-refractivity contribution < 1.29 is 9.90 Å². The lowest BCUT2D eigenvalue weighted by Gasteiger charge is -1.99. The van der Waals surface area contributed by atoms with E-state index in [0.717, 1.165) is 32.1 Å². The standard InChI is InChI=1S/C19H32O2/c1-2-3-4-5-6-7-8-9-10-11-12-13-14-15-16-17-18-19(20)21/h3-4,6-7,9-10H,2,5,8,11-18H2,1H3,(H,20,21)/b4-3-,7-6-,10-9-. The zero-order chi connectivity index (χ0) is 15.6. The van der Waals surface area contributed by atoms with Gasteiger partial charge in [0.05, 0.1) is 0 Å². The molecule has 120 valence electrons. The van der Waals surface area contributed by atoms with Gasteiger partial charge in [0.1, 0.15) is 0 Å². The molecule has 0 radical (unpaired) electrons. The molecule has 0 aliphatic carbocycles. The molecule has 0 aromatic carbocycles. The van der Waals surface area contributed by atoms with Gasteiger partial charge in [0, 0.05) is 6.42 Å². The summed E-state index contributed by atoms with van der Waals surface area (Å²) in [6.45, 7) is 2.15. The number of unbranched alkanes of at least 4 members (excludes halogenated alkanes) is 6. The van der Waals surface area contributed by atoms with Gasteiger partial charge in [-0.15, -0.1) is 0 Å². The van der Waals surface area contributed by atoms with E-state index in [4.69, 9.17) is 5.11 Å². The second-order valence-corrected chi connectivity index (χ2v) is 5.35. The molecule has 0 unspecified atom stereocenters. The normalized spacial score (nSPS) is 12.0. The number of hydrogen-bond donors (Lipinski definition) is 1. The van der Waals surface area contributed by atoms with E-state index in [0.29, 0.717) is 6.42 Å². The molecule has 1 N–H and O–H groups in total. The lowest BCUT2D eigenvalue weighted by atomic mass is 10.1. The van der Waals surface area contributed by atoms with E-state index in [1.54, 1.807) is 0 Å². The summed E-state index contributed by atoms with van der Waals surface area (Å²) >= 11 is 0. The summed E-state index contributed by atoms with van der Waals surface area (Å²) in [4.78, 5) is 10.3. The van der Waals surface area contributed by atoms with Gasteiger partial charge in [-0.3, -0.25) is 4.79 Å². The number of carbonyl (C=O) groups is 1.